The first-order valence-corrected chi connectivity index (χ1v) is 10.3. The van der Waals surface area contributed by atoms with Gasteiger partial charge in [-0.15, -0.1) is 0 Å². The van der Waals surface area contributed by atoms with Gasteiger partial charge in [0.05, 0.1) is 0 Å². The summed E-state index contributed by atoms with van der Waals surface area (Å²) in [5.74, 6) is -0.122. The second-order valence-electron chi connectivity index (χ2n) is 8.45. The first-order valence-electron chi connectivity index (χ1n) is 8.57. The third kappa shape index (κ3) is 5.83. The van der Waals surface area contributed by atoms with Crippen LogP contribution in [0.25, 0.3) is 0 Å². The summed E-state index contributed by atoms with van der Waals surface area (Å²) in [4.78, 5) is 12.1. The smallest absolute Gasteiger partial charge is 0.339 e. The predicted molar refractivity (Wildman–Crippen MR) is 104 cm³/mol. The van der Waals surface area contributed by atoms with E-state index in [4.69, 9.17) is 9.05 Å². The molecule has 0 atom stereocenters. The largest absolute Gasteiger partial charge is 0.507 e. The van der Waals surface area contributed by atoms with Crippen LogP contribution < -0.4 is 5.32 Å². The Kier molecular flexibility index (Phi) is 7.08. The normalized spacial score (nSPS) is 12.9. The molecular formula is C19H32NO5P. The highest BCUT2D eigenvalue weighted by molar-refractivity contribution is 7.54. The molecule has 0 aliphatic rings. The van der Waals surface area contributed by atoms with Crippen LogP contribution in [-0.2, 0) is 35.8 Å². The second-order valence-corrected chi connectivity index (χ2v) is 10.7. The number of rotatable bonds is 6. The number of hydrogen-bond acceptors (Lipinski definition) is 5. The summed E-state index contributed by atoms with van der Waals surface area (Å²) in [6.07, 6.45) is -0.337. The van der Waals surface area contributed by atoms with Crippen LogP contribution in [0.1, 0.15) is 58.2 Å². The first-order chi connectivity index (χ1) is 11.7. The van der Waals surface area contributed by atoms with Crippen LogP contribution in [-0.4, -0.2) is 31.4 Å². The summed E-state index contributed by atoms with van der Waals surface area (Å²) in [5.41, 5.74) is 2.04. The van der Waals surface area contributed by atoms with E-state index in [1.54, 1.807) is 0 Å². The zero-order chi connectivity index (χ0) is 20.3. The van der Waals surface area contributed by atoms with Crippen molar-refractivity contribution in [3.8, 4) is 5.75 Å². The minimum absolute atomic E-state index is 0.244. The highest BCUT2D eigenvalue weighted by atomic mass is 31.2. The molecule has 7 heteroatoms. The SMILES string of the molecule is COP(=O)(CC(=O)NCc1cc(C(C)(C)C)c(O)c(C(C)(C)C)c1)OC. The Balaban J connectivity index is 3.11. The highest BCUT2D eigenvalue weighted by Crippen LogP contribution is 2.45. The average molecular weight is 385 g/mol. The van der Waals surface area contributed by atoms with Gasteiger partial charge in [-0.25, -0.2) is 0 Å². The predicted octanol–water partition coefficient (Wildman–Crippen LogP) is 4.09. The van der Waals surface area contributed by atoms with Crippen LogP contribution in [0, 0.1) is 0 Å². The number of aromatic hydroxyl groups is 1. The van der Waals surface area contributed by atoms with Gasteiger partial charge in [0.1, 0.15) is 11.9 Å². The van der Waals surface area contributed by atoms with Crippen molar-refractivity contribution in [1.29, 1.82) is 0 Å². The zero-order valence-corrected chi connectivity index (χ0v) is 18.0. The fraction of sp³-hybridized carbons (Fsp3) is 0.632. The minimum atomic E-state index is -3.39. The van der Waals surface area contributed by atoms with E-state index in [0.717, 1.165) is 16.7 Å². The fourth-order valence-electron chi connectivity index (χ4n) is 2.58. The number of carbonyl (C=O) groups is 1. The molecule has 26 heavy (non-hydrogen) atoms. The second kappa shape index (κ2) is 8.12. The Morgan fingerprint density at radius 3 is 1.81 bits per heavy atom. The van der Waals surface area contributed by atoms with E-state index in [0.29, 0.717) is 5.75 Å². The van der Waals surface area contributed by atoms with Gasteiger partial charge in [0.15, 0.2) is 0 Å². The summed E-state index contributed by atoms with van der Waals surface area (Å²) < 4.78 is 21.6. The average Bonchev–Trinajstić information content (AvgIpc) is 2.51. The summed E-state index contributed by atoms with van der Waals surface area (Å²) >= 11 is 0. The maximum absolute atomic E-state index is 12.1. The van der Waals surface area contributed by atoms with Crippen molar-refractivity contribution in [1.82, 2.24) is 5.32 Å². The summed E-state index contributed by atoms with van der Waals surface area (Å²) in [7, 11) is -0.885. The van der Waals surface area contributed by atoms with Gasteiger partial charge in [-0.1, -0.05) is 41.5 Å². The fourth-order valence-corrected chi connectivity index (χ4v) is 3.45. The molecule has 1 amide bonds. The summed E-state index contributed by atoms with van der Waals surface area (Å²) in [6, 6.07) is 3.80. The number of phenols is 1. The Labute approximate surface area is 156 Å². The number of hydrogen-bond donors (Lipinski definition) is 2. The van der Waals surface area contributed by atoms with Crippen LogP contribution in [0.4, 0.5) is 0 Å². The van der Waals surface area contributed by atoms with Crippen molar-refractivity contribution < 1.29 is 23.5 Å². The van der Waals surface area contributed by atoms with Gasteiger partial charge < -0.3 is 19.5 Å². The van der Waals surface area contributed by atoms with E-state index < -0.39 is 13.5 Å². The zero-order valence-electron chi connectivity index (χ0n) is 17.1. The van der Waals surface area contributed by atoms with E-state index in [-0.39, 0.29) is 23.5 Å². The van der Waals surface area contributed by atoms with Crippen LogP contribution in [0.5, 0.6) is 5.75 Å². The Morgan fingerprint density at radius 1 is 1.04 bits per heavy atom. The lowest BCUT2D eigenvalue weighted by Gasteiger charge is -2.28. The molecule has 1 rings (SSSR count). The molecule has 1 aromatic carbocycles. The lowest BCUT2D eigenvalue weighted by Crippen LogP contribution is -2.27. The van der Waals surface area contributed by atoms with Gasteiger partial charge in [-0.05, 0) is 39.7 Å². The molecule has 0 fully saturated rings. The monoisotopic (exact) mass is 385 g/mol. The third-order valence-electron chi connectivity index (χ3n) is 4.17. The molecule has 0 saturated carbocycles. The maximum atomic E-state index is 12.1. The van der Waals surface area contributed by atoms with Crippen LogP contribution in [0.15, 0.2) is 12.1 Å². The van der Waals surface area contributed by atoms with Crippen LogP contribution in [0.3, 0.4) is 0 Å². The molecule has 1 aromatic rings. The number of phenolic OH excluding ortho intramolecular Hbond substituents is 1. The van der Waals surface area contributed by atoms with Gasteiger partial charge in [0.2, 0.25) is 5.91 Å². The molecule has 0 radical (unpaired) electrons. The Bertz CT molecular complexity index is 658. The van der Waals surface area contributed by atoms with Gasteiger partial charge in [0, 0.05) is 20.8 Å². The number of carbonyl (C=O) groups excluding carboxylic acids is 1. The molecule has 2 N–H and O–H groups in total. The molecule has 0 unspecified atom stereocenters. The topological polar surface area (TPSA) is 84.9 Å². The van der Waals surface area contributed by atoms with Crippen molar-refractivity contribution in [3.05, 3.63) is 28.8 Å². The summed E-state index contributed by atoms with van der Waals surface area (Å²) in [5, 5.41) is 13.5. The molecule has 0 aliphatic carbocycles. The molecule has 0 saturated heterocycles. The van der Waals surface area contributed by atoms with Gasteiger partial charge in [-0.2, -0.15) is 0 Å². The van der Waals surface area contributed by atoms with Gasteiger partial charge >= 0.3 is 7.60 Å². The molecule has 0 aliphatic heterocycles. The standard InChI is InChI=1S/C19H32NO5P/c1-18(2,3)14-9-13(10-15(17(14)22)19(4,5)6)11-20-16(21)12-26(23,24-7)25-8/h9-10,22H,11-12H2,1-8H3,(H,20,21). The molecule has 0 spiro atoms. The molecule has 0 aromatic heterocycles. The molecule has 148 valence electrons. The van der Waals surface area contributed by atoms with Crippen molar-refractivity contribution in [2.45, 2.75) is 58.9 Å². The van der Waals surface area contributed by atoms with Gasteiger partial charge in [-0.3, -0.25) is 9.36 Å². The number of amides is 1. The van der Waals surface area contributed by atoms with E-state index >= 15 is 0 Å². The Morgan fingerprint density at radius 2 is 1.46 bits per heavy atom. The summed E-state index contributed by atoms with van der Waals surface area (Å²) in [6.45, 7) is 12.5. The molecule has 0 heterocycles. The molecule has 6 nitrogen and oxygen atoms in total. The number of nitrogens with one attached hydrogen (secondary N) is 1. The van der Waals surface area contributed by atoms with E-state index in [9.17, 15) is 14.5 Å². The minimum Gasteiger partial charge on any atom is -0.507 e. The lowest BCUT2D eigenvalue weighted by molar-refractivity contribution is -0.119. The van der Waals surface area contributed by atoms with E-state index in [2.05, 4.69) is 5.32 Å². The molecule has 0 bridgehead atoms. The maximum Gasteiger partial charge on any atom is 0.339 e. The van der Waals surface area contributed by atoms with E-state index in [1.165, 1.54) is 14.2 Å². The van der Waals surface area contributed by atoms with Crippen molar-refractivity contribution in [2.75, 3.05) is 20.4 Å². The van der Waals surface area contributed by atoms with Crippen LogP contribution in [0.2, 0.25) is 0 Å². The quantitative estimate of drug-likeness (QED) is 0.721. The van der Waals surface area contributed by atoms with Crippen molar-refractivity contribution in [3.63, 3.8) is 0 Å². The molecular weight excluding hydrogens is 353 g/mol. The highest BCUT2D eigenvalue weighted by Gasteiger charge is 2.28. The lowest BCUT2D eigenvalue weighted by atomic mass is 9.78. The van der Waals surface area contributed by atoms with E-state index in [1.807, 2.05) is 53.7 Å². The first kappa shape index (κ1) is 22.7. The van der Waals surface area contributed by atoms with Gasteiger partial charge in [0.25, 0.3) is 0 Å². The van der Waals surface area contributed by atoms with Crippen molar-refractivity contribution >= 4 is 13.5 Å². The number of benzene rings is 1. The third-order valence-corrected chi connectivity index (χ3v) is 5.96. The Hall–Kier alpha value is -1.36. The van der Waals surface area contributed by atoms with Crippen molar-refractivity contribution in [2.24, 2.45) is 0 Å². The van der Waals surface area contributed by atoms with Crippen LogP contribution >= 0.6 is 7.60 Å².